The molecule has 0 amide bonds. The lowest BCUT2D eigenvalue weighted by Gasteiger charge is -2.27. The second-order valence-corrected chi connectivity index (χ2v) is 5.72. The van der Waals surface area contributed by atoms with Gasteiger partial charge in [-0.3, -0.25) is 0 Å². The lowest BCUT2D eigenvalue weighted by atomic mass is 9.80. The summed E-state index contributed by atoms with van der Waals surface area (Å²) in [5.41, 5.74) is 0.437. The third-order valence-electron chi connectivity index (χ3n) is 3.25. The van der Waals surface area contributed by atoms with E-state index in [2.05, 4.69) is 52.2 Å². The molecule has 0 aromatic heterocycles. The van der Waals surface area contributed by atoms with Gasteiger partial charge >= 0.3 is 0 Å². The van der Waals surface area contributed by atoms with Crippen LogP contribution in [0.1, 0.15) is 48.0 Å². The average molecular weight is 214 g/mol. The fourth-order valence-electron chi connectivity index (χ4n) is 1.41. The van der Waals surface area contributed by atoms with Gasteiger partial charge in [0.25, 0.3) is 0 Å². The molecule has 2 N–H and O–H groups in total. The summed E-state index contributed by atoms with van der Waals surface area (Å²) in [5.74, 6) is 0.774. The summed E-state index contributed by atoms with van der Waals surface area (Å²) in [4.78, 5) is 0. The predicted octanol–water partition coefficient (Wildman–Crippen LogP) is 2.65. The smallest absolute Gasteiger partial charge is 0.0164 e. The largest absolute Gasteiger partial charge is 0.315 e. The Balaban J connectivity index is 3.52. The zero-order chi connectivity index (χ0) is 11.9. The molecule has 2 nitrogen and oxygen atoms in total. The van der Waals surface area contributed by atoms with Gasteiger partial charge in [-0.1, -0.05) is 34.6 Å². The van der Waals surface area contributed by atoms with Crippen LogP contribution in [0.15, 0.2) is 0 Å². The topological polar surface area (TPSA) is 24.1 Å². The molecule has 0 spiro atoms. The Morgan fingerprint density at radius 2 is 1.73 bits per heavy atom. The van der Waals surface area contributed by atoms with Crippen LogP contribution in [0.4, 0.5) is 0 Å². The first-order valence-corrected chi connectivity index (χ1v) is 6.32. The fourth-order valence-corrected chi connectivity index (χ4v) is 1.41. The molecule has 15 heavy (non-hydrogen) atoms. The maximum Gasteiger partial charge on any atom is 0.0164 e. The van der Waals surface area contributed by atoms with E-state index in [9.17, 15) is 0 Å². The normalized spacial score (nSPS) is 16.4. The Bertz CT molecular complexity index is 149. The molecule has 0 aromatic rings. The maximum absolute atomic E-state index is 3.56. The van der Waals surface area contributed by atoms with Gasteiger partial charge in [-0.05, 0) is 37.8 Å². The molecule has 0 saturated carbocycles. The Morgan fingerprint density at radius 3 is 2.20 bits per heavy atom. The van der Waals surface area contributed by atoms with Crippen molar-refractivity contribution in [3.63, 3.8) is 0 Å². The van der Waals surface area contributed by atoms with Crippen LogP contribution in [0, 0.1) is 11.3 Å². The standard InChI is InChI=1S/C13H30N2/c1-7-14-10-12(3)15-9-8-11(2)13(4,5)6/h11-12,14-15H,7-10H2,1-6H3. The Hall–Kier alpha value is -0.0800. The van der Waals surface area contributed by atoms with Gasteiger partial charge in [0.2, 0.25) is 0 Å². The highest BCUT2D eigenvalue weighted by Crippen LogP contribution is 2.27. The SMILES string of the molecule is CCNCC(C)NCCC(C)C(C)(C)C. The molecule has 2 heteroatoms. The zero-order valence-corrected chi connectivity index (χ0v) is 11.5. The van der Waals surface area contributed by atoms with Crippen molar-refractivity contribution in [1.82, 2.24) is 10.6 Å². The van der Waals surface area contributed by atoms with Gasteiger partial charge in [-0.2, -0.15) is 0 Å². The van der Waals surface area contributed by atoms with Crippen molar-refractivity contribution in [3.05, 3.63) is 0 Å². The Kier molecular flexibility index (Phi) is 7.20. The lowest BCUT2D eigenvalue weighted by molar-refractivity contribution is 0.242. The van der Waals surface area contributed by atoms with Crippen molar-refractivity contribution >= 4 is 0 Å². The lowest BCUT2D eigenvalue weighted by Crippen LogP contribution is -2.37. The monoisotopic (exact) mass is 214 g/mol. The highest BCUT2D eigenvalue weighted by molar-refractivity contribution is 4.72. The van der Waals surface area contributed by atoms with Crippen molar-refractivity contribution in [3.8, 4) is 0 Å². The van der Waals surface area contributed by atoms with Crippen LogP contribution in [0.5, 0.6) is 0 Å². The number of nitrogens with one attached hydrogen (secondary N) is 2. The van der Waals surface area contributed by atoms with Crippen LogP contribution in [-0.4, -0.2) is 25.7 Å². The van der Waals surface area contributed by atoms with E-state index in [-0.39, 0.29) is 0 Å². The molecule has 0 aliphatic carbocycles. The second-order valence-electron chi connectivity index (χ2n) is 5.72. The van der Waals surface area contributed by atoms with Crippen LogP contribution < -0.4 is 10.6 Å². The predicted molar refractivity (Wildman–Crippen MR) is 69.2 cm³/mol. The van der Waals surface area contributed by atoms with Crippen LogP contribution in [0.25, 0.3) is 0 Å². The van der Waals surface area contributed by atoms with Crippen LogP contribution in [-0.2, 0) is 0 Å². The fraction of sp³-hybridized carbons (Fsp3) is 1.00. The minimum absolute atomic E-state index is 0.437. The summed E-state index contributed by atoms with van der Waals surface area (Å²) in [7, 11) is 0. The molecular weight excluding hydrogens is 184 g/mol. The molecule has 0 saturated heterocycles. The number of rotatable bonds is 7. The van der Waals surface area contributed by atoms with Crippen molar-refractivity contribution in [2.75, 3.05) is 19.6 Å². The van der Waals surface area contributed by atoms with Crippen LogP contribution in [0.3, 0.4) is 0 Å². The Labute approximate surface area is 96.2 Å². The highest BCUT2D eigenvalue weighted by Gasteiger charge is 2.19. The quantitative estimate of drug-likeness (QED) is 0.681. The van der Waals surface area contributed by atoms with Crippen molar-refractivity contribution in [2.45, 2.75) is 54.0 Å². The molecule has 0 rings (SSSR count). The molecule has 0 radical (unpaired) electrons. The number of likely N-dealkylation sites (N-methyl/N-ethyl adjacent to an activating group) is 1. The molecule has 2 atom stereocenters. The summed E-state index contributed by atoms with van der Waals surface area (Å²) in [6.45, 7) is 16.9. The number of hydrogen-bond donors (Lipinski definition) is 2. The first-order chi connectivity index (χ1) is 6.88. The summed E-state index contributed by atoms with van der Waals surface area (Å²) in [5, 5.41) is 6.91. The van der Waals surface area contributed by atoms with Gasteiger partial charge in [0, 0.05) is 12.6 Å². The van der Waals surface area contributed by atoms with E-state index >= 15 is 0 Å². The van der Waals surface area contributed by atoms with Crippen molar-refractivity contribution in [2.24, 2.45) is 11.3 Å². The highest BCUT2D eigenvalue weighted by atomic mass is 15.0. The van der Waals surface area contributed by atoms with Gasteiger partial charge in [-0.25, -0.2) is 0 Å². The minimum Gasteiger partial charge on any atom is -0.315 e. The maximum atomic E-state index is 3.56. The van der Waals surface area contributed by atoms with E-state index in [1.807, 2.05) is 0 Å². The van der Waals surface area contributed by atoms with Gasteiger partial charge in [0.05, 0.1) is 0 Å². The number of hydrogen-bond acceptors (Lipinski definition) is 2. The molecule has 0 aliphatic heterocycles. The van der Waals surface area contributed by atoms with Crippen LogP contribution >= 0.6 is 0 Å². The first kappa shape index (κ1) is 14.9. The van der Waals surface area contributed by atoms with E-state index < -0.39 is 0 Å². The van der Waals surface area contributed by atoms with E-state index in [1.54, 1.807) is 0 Å². The van der Waals surface area contributed by atoms with Gasteiger partial charge in [0.15, 0.2) is 0 Å². The summed E-state index contributed by atoms with van der Waals surface area (Å²) in [6, 6.07) is 0.581. The molecule has 0 bridgehead atoms. The Morgan fingerprint density at radius 1 is 1.13 bits per heavy atom. The van der Waals surface area contributed by atoms with E-state index in [0.717, 1.165) is 25.6 Å². The molecule has 0 aliphatic rings. The van der Waals surface area contributed by atoms with Gasteiger partial charge in [0.1, 0.15) is 0 Å². The van der Waals surface area contributed by atoms with Gasteiger partial charge in [-0.15, -0.1) is 0 Å². The van der Waals surface area contributed by atoms with Crippen LogP contribution in [0.2, 0.25) is 0 Å². The molecule has 92 valence electrons. The summed E-state index contributed by atoms with van der Waals surface area (Å²) < 4.78 is 0. The third-order valence-corrected chi connectivity index (χ3v) is 3.25. The third kappa shape index (κ3) is 7.80. The average Bonchev–Trinajstić information content (AvgIpc) is 2.13. The molecule has 0 fully saturated rings. The summed E-state index contributed by atoms with van der Waals surface area (Å²) in [6.07, 6.45) is 1.26. The van der Waals surface area contributed by atoms with Gasteiger partial charge < -0.3 is 10.6 Å². The molecule has 0 heterocycles. The van der Waals surface area contributed by atoms with E-state index in [4.69, 9.17) is 0 Å². The van der Waals surface area contributed by atoms with Crippen molar-refractivity contribution in [1.29, 1.82) is 0 Å². The second kappa shape index (κ2) is 7.24. The molecular formula is C13H30N2. The molecule has 2 unspecified atom stereocenters. The summed E-state index contributed by atoms with van der Waals surface area (Å²) >= 11 is 0. The first-order valence-electron chi connectivity index (χ1n) is 6.32. The molecule has 0 aromatic carbocycles. The van der Waals surface area contributed by atoms with E-state index in [1.165, 1.54) is 6.42 Å². The zero-order valence-electron chi connectivity index (χ0n) is 11.5. The van der Waals surface area contributed by atoms with Crippen molar-refractivity contribution < 1.29 is 0 Å². The minimum atomic E-state index is 0.437. The van der Waals surface area contributed by atoms with E-state index in [0.29, 0.717) is 11.5 Å².